The lowest BCUT2D eigenvalue weighted by Crippen LogP contribution is -2.33. The maximum Gasteiger partial charge on any atom is 0.136 e. The fraction of sp³-hybridized carbons (Fsp3) is 1.00. The van der Waals surface area contributed by atoms with Gasteiger partial charge in [0.2, 0.25) is 0 Å². The molecular weight excluding hydrogens is 606 g/mol. The van der Waals surface area contributed by atoms with Gasteiger partial charge in [-0.25, -0.2) is 4.39 Å². The summed E-state index contributed by atoms with van der Waals surface area (Å²) >= 11 is 4.39. The van der Waals surface area contributed by atoms with Crippen LogP contribution in [0.25, 0.3) is 0 Å². The van der Waals surface area contributed by atoms with Crippen LogP contribution in [0.3, 0.4) is 0 Å². The smallest absolute Gasteiger partial charge is 0.136 e. The van der Waals surface area contributed by atoms with Gasteiger partial charge in [0, 0.05) is 6.54 Å². The first kappa shape index (κ1) is 46.5. The van der Waals surface area contributed by atoms with E-state index in [9.17, 15) is 9.50 Å². The van der Waals surface area contributed by atoms with E-state index in [-0.39, 0.29) is 6.61 Å². The lowest BCUT2D eigenvalue weighted by Gasteiger charge is -2.23. The first-order valence-electron chi connectivity index (χ1n) is 20.7. The lowest BCUT2D eigenvalue weighted by atomic mass is 10.0. The summed E-state index contributed by atoms with van der Waals surface area (Å²) in [6, 6.07) is 0. The second kappa shape index (κ2) is 38.4. The molecule has 0 aliphatic carbocycles. The summed E-state index contributed by atoms with van der Waals surface area (Å²) in [6.45, 7) is 11.4. The van der Waals surface area contributed by atoms with Crippen LogP contribution >= 0.6 is 23.5 Å². The quantitative estimate of drug-likeness (QED) is 0.0649. The zero-order chi connectivity index (χ0) is 33.8. The predicted molar refractivity (Wildman–Crippen MR) is 213 cm³/mol. The Morgan fingerprint density at radius 3 is 1.17 bits per heavy atom. The molecule has 0 aromatic carbocycles. The summed E-state index contributed by atoms with van der Waals surface area (Å²) in [4.78, 5) is 2.29. The van der Waals surface area contributed by atoms with Crippen molar-refractivity contribution in [2.45, 2.75) is 201 Å². The van der Waals surface area contributed by atoms with Gasteiger partial charge >= 0.3 is 0 Å². The van der Waals surface area contributed by atoms with E-state index in [0.29, 0.717) is 6.54 Å². The summed E-state index contributed by atoms with van der Waals surface area (Å²) in [5, 5.41) is 9.25. The molecule has 2 unspecified atom stereocenters. The molecule has 0 aliphatic heterocycles. The van der Waals surface area contributed by atoms with Gasteiger partial charge < -0.3 is 10.0 Å². The molecule has 5 heteroatoms. The van der Waals surface area contributed by atoms with E-state index in [1.165, 1.54) is 190 Å². The van der Waals surface area contributed by atoms with Crippen molar-refractivity contribution < 1.29 is 9.50 Å². The topological polar surface area (TPSA) is 23.5 Å². The average Bonchev–Trinajstić information content (AvgIpc) is 3.07. The van der Waals surface area contributed by atoms with Crippen LogP contribution in [0, 0.1) is 11.8 Å². The maximum absolute atomic E-state index is 14.0. The minimum atomic E-state index is -1.10. The van der Waals surface area contributed by atoms with Gasteiger partial charge in [-0.05, 0) is 86.5 Å². The summed E-state index contributed by atoms with van der Waals surface area (Å²) < 4.78 is 14.0. The molecule has 3 atom stereocenters. The van der Waals surface area contributed by atoms with Crippen molar-refractivity contribution in [3.63, 3.8) is 0 Å². The largest absolute Gasteiger partial charge is 0.393 e. The molecule has 0 rings (SSSR count). The number of hydrogen-bond acceptors (Lipinski definition) is 4. The number of aliphatic hydroxyl groups is 1. The molecule has 0 aromatic heterocycles. The Kier molecular flexibility index (Phi) is 38.8. The minimum Gasteiger partial charge on any atom is -0.393 e. The molecule has 0 saturated heterocycles. The molecule has 0 aliphatic rings. The minimum absolute atomic E-state index is 0.343. The molecule has 1 N–H and O–H groups in total. The van der Waals surface area contributed by atoms with E-state index in [1.807, 2.05) is 0 Å². The van der Waals surface area contributed by atoms with Crippen LogP contribution in [0.5, 0.6) is 0 Å². The van der Waals surface area contributed by atoms with E-state index >= 15 is 0 Å². The van der Waals surface area contributed by atoms with Crippen molar-refractivity contribution in [3.8, 4) is 0 Å². The van der Waals surface area contributed by atoms with Crippen molar-refractivity contribution >= 4 is 23.5 Å². The molecule has 0 bridgehead atoms. The number of thioether (sulfide) groups is 2. The van der Waals surface area contributed by atoms with Crippen LogP contribution in [0.1, 0.15) is 195 Å². The summed E-state index contributed by atoms with van der Waals surface area (Å²) in [5.41, 5.74) is 0. The molecule has 46 heavy (non-hydrogen) atoms. The highest BCUT2D eigenvalue weighted by Gasteiger charge is 2.12. The summed E-state index contributed by atoms with van der Waals surface area (Å²) in [6.07, 6.45) is 34.1. The molecule has 0 radical (unpaired) electrons. The van der Waals surface area contributed by atoms with E-state index in [0.717, 1.165) is 24.9 Å². The predicted octanol–water partition coefficient (Wildman–Crippen LogP) is 13.5. The molecule has 0 saturated carbocycles. The standard InChI is InChI=1S/C41H84FNOS2/c1-5-9-29-39(7-3)37-45-33-27-23-19-15-11-13-17-21-25-31-43(35-41(42)36-44)32-26-22-18-14-12-16-20-24-28-34-46-38-40(8-4)30-10-6-2/h39-41,44H,5-38H2,1-4H3/t39?,40?,41-/m1/s1. The zero-order valence-corrected chi connectivity index (χ0v) is 33.5. The number of halogens is 1. The third-order valence-electron chi connectivity index (χ3n) is 9.97. The molecule has 0 amide bonds. The molecule has 278 valence electrons. The van der Waals surface area contributed by atoms with Crippen LogP contribution in [0.15, 0.2) is 0 Å². The van der Waals surface area contributed by atoms with Crippen molar-refractivity contribution in [2.24, 2.45) is 11.8 Å². The number of hydrogen-bond donors (Lipinski definition) is 1. The van der Waals surface area contributed by atoms with Crippen LogP contribution < -0.4 is 0 Å². The van der Waals surface area contributed by atoms with Crippen molar-refractivity contribution in [3.05, 3.63) is 0 Å². The molecule has 0 heterocycles. The number of unbranched alkanes of at least 4 members (excludes halogenated alkanes) is 18. The van der Waals surface area contributed by atoms with Gasteiger partial charge in [0.25, 0.3) is 0 Å². The Labute approximate surface area is 298 Å². The molecule has 2 nitrogen and oxygen atoms in total. The summed E-state index contributed by atoms with van der Waals surface area (Å²) in [7, 11) is 0. The normalized spacial score (nSPS) is 13.9. The van der Waals surface area contributed by atoms with Gasteiger partial charge in [-0.3, -0.25) is 0 Å². The Morgan fingerprint density at radius 2 is 0.848 bits per heavy atom. The van der Waals surface area contributed by atoms with Gasteiger partial charge in [-0.1, -0.05) is 156 Å². The number of nitrogens with zero attached hydrogens (tertiary/aromatic N) is 1. The molecular formula is C41H84FNOS2. The lowest BCUT2D eigenvalue weighted by molar-refractivity contribution is 0.123. The Hall–Kier alpha value is 0.550. The second-order valence-electron chi connectivity index (χ2n) is 14.4. The van der Waals surface area contributed by atoms with Crippen LogP contribution in [0.4, 0.5) is 4.39 Å². The highest BCUT2D eigenvalue weighted by Crippen LogP contribution is 2.21. The highest BCUT2D eigenvalue weighted by molar-refractivity contribution is 7.99. The summed E-state index contributed by atoms with van der Waals surface area (Å²) in [5.74, 6) is 7.34. The third-order valence-corrected chi connectivity index (χ3v) is 12.5. The van der Waals surface area contributed by atoms with Crippen molar-refractivity contribution in [2.75, 3.05) is 49.3 Å². The Morgan fingerprint density at radius 1 is 0.500 bits per heavy atom. The molecule has 0 spiro atoms. The van der Waals surface area contributed by atoms with Crippen molar-refractivity contribution in [1.82, 2.24) is 4.90 Å². The van der Waals surface area contributed by atoms with E-state index in [4.69, 9.17) is 0 Å². The van der Waals surface area contributed by atoms with E-state index in [2.05, 4.69) is 56.1 Å². The third kappa shape index (κ3) is 33.1. The number of rotatable bonds is 39. The molecule has 0 aromatic rings. The SMILES string of the molecule is CCCCC(CC)CSCCCCCCCCCCCN(CCCCCCCCCCCSCC(CC)CCCC)C[C@@H](F)CO. The first-order chi connectivity index (χ1) is 22.6. The van der Waals surface area contributed by atoms with Gasteiger partial charge in [0.15, 0.2) is 0 Å². The number of alkyl halides is 1. The van der Waals surface area contributed by atoms with Gasteiger partial charge in [-0.15, -0.1) is 0 Å². The number of aliphatic hydroxyl groups excluding tert-OH is 1. The monoisotopic (exact) mass is 690 g/mol. The van der Waals surface area contributed by atoms with E-state index < -0.39 is 6.17 Å². The van der Waals surface area contributed by atoms with Crippen LogP contribution in [-0.4, -0.2) is 65.4 Å². The fourth-order valence-corrected chi connectivity index (χ4v) is 9.10. The second-order valence-corrected chi connectivity index (χ2v) is 16.7. The molecule has 0 fully saturated rings. The highest BCUT2D eigenvalue weighted by atomic mass is 32.2. The Bertz CT molecular complexity index is 527. The van der Waals surface area contributed by atoms with Gasteiger partial charge in [0.05, 0.1) is 6.61 Å². The van der Waals surface area contributed by atoms with Gasteiger partial charge in [-0.2, -0.15) is 23.5 Å². The fourth-order valence-electron chi connectivity index (χ4n) is 6.48. The van der Waals surface area contributed by atoms with Crippen molar-refractivity contribution in [1.29, 1.82) is 0 Å². The average molecular weight is 690 g/mol. The zero-order valence-electron chi connectivity index (χ0n) is 31.9. The van der Waals surface area contributed by atoms with Crippen LogP contribution in [0.2, 0.25) is 0 Å². The van der Waals surface area contributed by atoms with E-state index in [1.54, 1.807) is 0 Å². The first-order valence-corrected chi connectivity index (χ1v) is 23.0. The maximum atomic E-state index is 14.0. The van der Waals surface area contributed by atoms with Gasteiger partial charge in [0.1, 0.15) is 6.17 Å². The van der Waals surface area contributed by atoms with Crippen LogP contribution in [-0.2, 0) is 0 Å². The Balaban J connectivity index is 3.67.